The zero-order valence-electron chi connectivity index (χ0n) is 14.4. The highest BCUT2D eigenvalue weighted by Crippen LogP contribution is 2.26. The van der Waals surface area contributed by atoms with E-state index >= 15 is 0 Å². The topological polar surface area (TPSA) is 62.5 Å². The van der Waals surface area contributed by atoms with E-state index in [-0.39, 0.29) is 6.61 Å². The van der Waals surface area contributed by atoms with Crippen LogP contribution in [0, 0.1) is 6.92 Å². The number of likely N-dealkylation sites (N-methyl/N-ethyl adjacent to an activating group) is 1. The van der Waals surface area contributed by atoms with Crippen LogP contribution >= 0.6 is 0 Å². The molecule has 0 bridgehead atoms. The van der Waals surface area contributed by atoms with E-state index in [1.165, 1.54) is 3.97 Å². The molecule has 132 valence electrons. The summed E-state index contributed by atoms with van der Waals surface area (Å²) in [4.78, 5) is 2.32. The van der Waals surface area contributed by atoms with Crippen molar-refractivity contribution in [2.45, 2.75) is 18.4 Å². The number of rotatable bonds is 6. The number of aryl methyl sites for hydroxylation is 1. The highest BCUT2D eigenvalue weighted by atomic mass is 32.2. The van der Waals surface area contributed by atoms with E-state index < -0.39 is 10.0 Å². The third kappa shape index (κ3) is 3.33. The summed E-state index contributed by atoms with van der Waals surface area (Å²) in [6.45, 7) is 3.11. The molecule has 0 aliphatic carbocycles. The maximum Gasteiger partial charge on any atom is 0.268 e. The monoisotopic (exact) mass is 358 g/mol. The lowest BCUT2D eigenvalue weighted by Gasteiger charge is -2.16. The lowest BCUT2D eigenvalue weighted by Crippen LogP contribution is -2.21. The first-order valence-corrected chi connectivity index (χ1v) is 9.58. The van der Waals surface area contributed by atoms with Gasteiger partial charge < -0.3 is 5.11 Å². The third-order valence-corrected chi connectivity index (χ3v) is 6.19. The summed E-state index contributed by atoms with van der Waals surface area (Å²) in [5.41, 5.74) is 2.42. The van der Waals surface area contributed by atoms with Crippen LogP contribution in [0.3, 0.4) is 0 Å². The number of benzene rings is 2. The Morgan fingerprint density at radius 2 is 1.84 bits per heavy atom. The van der Waals surface area contributed by atoms with E-state index in [0.717, 1.165) is 16.5 Å². The van der Waals surface area contributed by atoms with Gasteiger partial charge in [0.2, 0.25) is 0 Å². The van der Waals surface area contributed by atoms with E-state index in [2.05, 4.69) is 0 Å². The molecule has 1 heterocycles. The molecule has 3 rings (SSSR count). The Hall–Kier alpha value is -2.15. The molecule has 0 radical (unpaired) electrons. The smallest absolute Gasteiger partial charge is 0.268 e. The fraction of sp³-hybridized carbons (Fsp3) is 0.263. The molecule has 0 spiro atoms. The van der Waals surface area contributed by atoms with Crippen LogP contribution < -0.4 is 0 Å². The Labute approximate surface area is 148 Å². The maximum atomic E-state index is 13.1. The Balaban J connectivity index is 2.09. The number of aliphatic hydroxyl groups excluding tert-OH is 1. The molecule has 0 unspecified atom stereocenters. The average Bonchev–Trinajstić information content (AvgIpc) is 3.01. The van der Waals surface area contributed by atoms with Crippen molar-refractivity contribution in [1.29, 1.82) is 0 Å². The highest BCUT2D eigenvalue weighted by Gasteiger charge is 2.21. The minimum Gasteiger partial charge on any atom is -0.395 e. The molecule has 0 atom stereocenters. The molecule has 1 aromatic heterocycles. The Morgan fingerprint density at radius 3 is 2.56 bits per heavy atom. The second kappa shape index (κ2) is 7.00. The lowest BCUT2D eigenvalue weighted by atomic mass is 10.1. The van der Waals surface area contributed by atoms with Crippen molar-refractivity contribution in [3.63, 3.8) is 0 Å². The summed E-state index contributed by atoms with van der Waals surface area (Å²) in [6, 6.07) is 14.5. The van der Waals surface area contributed by atoms with Crippen molar-refractivity contribution in [3.8, 4) is 0 Å². The van der Waals surface area contributed by atoms with Crippen LogP contribution in [-0.2, 0) is 16.6 Å². The van der Waals surface area contributed by atoms with Gasteiger partial charge in [-0.1, -0.05) is 30.3 Å². The Bertz CT molecular complexity index is 993. The van der Waals surface area contributed by atoms with Gasteiger partial charge >= 0.3 is 0 Å². The van der Waals surface area contributed by atoms with Crippen LogP contribution in [0.5, 0.6) is 0 Å². The van der Waals surface area contributed by atoms with Gasteiger partial charge in [0.25, 0.3) is 10.0 Å². The number of aliphatic hydroxyl groups is 1. The first-order valence-electron chi connectivity index (χ1n) is 8.14. The predicted octanol–water partition coefficient (Wildman–Crippen LogP) is 2.61. The molecule has 25 heavy (non-hydrogen) atoms. The minimum absolute atomic E-state index is 0.0924. The van der Waals surface area contributed by atoms with Gasteiger partial charge in [-0.15, -0.1) is 0 Å². The number of hydrogen-bond donors (Lipinski definition) is 1. The van der Waals surface area contributed by atoms with Crippen LogP contribution in [0.1, 0.15) is 11.1 Å². The Morgan fingerprint density at radius 1 is 1.08 bits per heavy atom. The van der Waals surface area contributed by atoms with Crippen LogP contribution in [0.2, 0.25) is 0 Å². The van der Waals surface area contributed by atoms with Crippen LogP contribution in [0.25, 0.3) is 10.9 Å². The average molecular weight is 358 g/mol. The molecular formula is C19H22N2O3S. The summed E-state index contributed by atoms with van der Waals surface area (Å²) in [6.07, 6.45) is 1.61. The van der Waals surface area contributed by atoms with E-state index in [4.69, 9.17) is 5.11 Å². The molecule has 0 aliphatic rings. The van der Waals surface area contributed by atoms with Gasteiger partial charge in [-0.25, -0.2) is 12.4 Å². The quantitative estimate of drug-likeness (QED) is 0.736. The van der Waals surface area contributed by atoms with Crippen LogP contribution in [0.15, 0.2) is 59.6 Å². The first-order chi connectivity index (χ1) is 11.9. The van der Waals surface area contributed by atoms with E-state index in [9.17, 15) is 8.42 Å². The summed E-state index contributed by atoms with van der Waals surface area (Å²) < 4.78 is 27.5. The van der Waals surface area contributed by atoms with Crippen molar-refractivity contribution in [2.75, 3.05) is 20.2 Å². The van der Waals surface area contributed by atoms with Gasteiger partial charge in [0.1, 0.15) is 0 Å². The van der Waals surface area contributed by atoms with Crippen LogP contribution in [0.4, 0.5) is 0 Å². The van der Waals surface area contributed by atoms with Crippen molar-refractivity contribution in [2.24, 2.45) is 0 Å². The van der Waals surface area contributed by atoms with E-state index in [0.29, 0.717) is 23.5 Å². The van der Waals surface area contributed by atoms with Gasteiger partial charge in [0.05, 0.1) is 17.0 Å². The van der Waals surface area contributed by atoms with Crippen molar-refractivity contribution in [3.05, 3.63) is 65.9 Å². The molecule has 0 saturated carbocycles. The van der Waals surface area contributed by atoms with Crippen LogP contribution in [-0.4, -0.2) is 42.6 Å². The minimum atomic E-state index is -3.65. The number of hydrogen-bond acceptors (Lipinski definition) is 4. The standard InChI is InChI=1S/C19H22N2O3S/c1-15-6-3-4-9-19(15)25(23,24)21-11-10-17-16(7-5-8-18(17)21)14-20(2)12-13-22/h3-11,22H,12-14H2,1-2H3. The summed E-state index contributed by atoms with van der Waals surface area (Å²) in [5.74, 6) is 0. The summed E-state index contributed by atoms with van der Waals surface area (Å²) in [5, 5.41) is 9.97. The lowest BCUT2D eigenvalue weighted by molar-refractivity contribution is 0.217. The predicted molar refractivity (Wildman–Crippen MR) is 99.1 cm³/mol. The van der Waals surface area contributed by atoms with Gasteiger partial charge in [-0.3, -0.25) is 4.90 Å². The molecule has 1 N–H and O–H groups in total. The zero-order chi connectivity index (χ0) is 18.0. The SMILES string of the molecule is Cc1ccccc1S(=O)(=O)n1ccc2c(CN(C)CCO)cccc21. The van der Waals surface area contributed by atoms with Crippen molar-refractivity contribution < 1.29 is 13.5 Å². The van der Waals surface area contributed by atoms with Gasteiger partial charge in [0.15, 0.2) is 0 Å². The number of nitrogens with zero attached hydrogens (tertiary/aromatic N) is 2. The summed E-state index contributed by atoms with van der Waals surface area (Å²) in [7, 11) is -1.72. The number of fused-ring (bicyclic) bond motifs is 1. The fourth-order valence-corrected chi connectivity index (χ4v) is 4.62. The molecule has 0 fully saturated rings. The molecule has 5 nitrogen and oxygen atoms in total. The largest absolute Gasteiger partial charge is 0.395 e. The number of aromatic nitrogens is 1. The molecule has 0 saturated heterocycles. The van der Waals surface area contributed by atoms with Crippen molar-refractivity contribution in [1.82, 2.24) is 8.87 Å². The van der Waals surface area contributed by atoms with Gasteiger partial charge in [0, 0.05) is 24.7 Å². The summed E-state index contributed by atoms with van der Waals surface area (Å²) >= 11 is 0. The third-order valence-electron chi connectivity index (χ3n) is 4.34. The molecule has 2 aromatic carbocycles. The second-order valence-corrected chi connectivity index (χ2v) is 7.98. The van der Waals surface area contributed by atoms with Gasteiger partial charge in [-0.05, 0) is 43.3 Å². The normalized spacial score (nSPS) is 12.2. The molecule has 6 heteroatoms. The van der Waals surface area contributed by atoms with Crippen molar-refractivity contribution >= 4 is 20.9 Å². The Kier molecular flexibility index (Phi) is 4.94. The maximum absolute atomic E-state index is 13.1. The zero-order valence-corrected chi connectivity index (χ0v) is 15.2. The molecule has 3 aromatic rings. The van der Waals surface area contributed by atoms with E-state index in [1.807, 2.05) is 42.3 Å². The van der Waals surface area contributed by atoms with E-state index in [1.54, 1.807) is 31.3 Å². The second-order valence-electron chi connectivity index (χ2n) is 6.19. The first kappa shape index (κ1) is 17.7. The molecular weight excluding hydrogens is 336 g/mol. The molecule has 0 aliphatic heterocycles. The van der Waals surface area contributed by atoms with Gasteiger partial charge in [-0.2, -0.15) is 0 Å². The highest BCUT2D eigenvalue weighted by molar-refractivity contribution is 7.90. The fourth-order valence-electron chi connectivity index (χ4n) is 3.05. The molecule has 0 amide bonds.